The zero-order valence-corrected chi connectivity index (χ0v) is 39.0. The first-order valence-corrected chi connectivity index (χ1v) is 24.6. The minimum absolute atomic E-state index is 0.632. The Morgan fingerprint density at radius 1 is 0.356 bits per heavy atom. The highest BCUT2D eigenvalue weighted by atomic mass is 16.5. The molecule has 0 saturated carbocycles. The summed E-state index contributed by atoms with van der Waals surface area (Å²) >= 11 is 0. The smallest absolute Gasteiger partial charge is 0.132 e. The number of para-hydroxylation sites is 4. The topological polar surface area (TPSA) is 73.6 Å². The molecule has 2 aliphatic rings. The molecule has 5 aromatic heterocycles. The van der Waals surface area contributed by atoms with Crippen molar-refractivity contribution in [3.05, 3.63) is 259 Å². The van der Waals surface area contributed by atoms with Gasteiger partial charge in [0.2, 0.25) is 0 Å². The summed E-state index contributed by atoms with van der Waals surface area (Å²) in [6.07, 6.45) is 3.72. The van der Waals surface area contributed by atoms with Gasteiger partial charge in [-0.1, -0.05) is 103 Å². The number of ether oxygens (including phenoxy) is 1. The van der Waals surface area contributed by atoms with E-state index in [1.807, 2.05) is 36.7 Å². The number of pyridine rings is 2. The SMILES string of the molecule is N#Cc1ccc2c(c1)c1ccccc1n2-c1ccc2c(c1)C1(c3ccc(-c4ccc5c(c4)c4ccccc4n5-c4ccc(-n5c6ccccc6c6ccccc65)cc4)cc3O2)c2cccnc2-c2ncccc21. The first-order chi connectivity index (χ1) is 36.2. The summed E-state index contributed by atoms with van der Waals surface area (Å²) in [6.45, 7) is 0. The number of nitriles is 1. The molecule has 7 heteroatoms. The summed E-state index contributed by atoms with van der Waals surface area (Å²) in [7, 11) is 0. The van der Waals surface area contributed by atoms with Crippen LogP contribution in [0.15, 0.2) is 231 Å². The van der Waals surface area contributed by atoms with Crippen molar-refractivity contribution < 1.29 is 4.74 Å². The van der Waals surface area contributed by atoms with E-state index in [0.29, 0.717) is 5.56 Å². The Hall–Kier alpha value is -10.0. The molecule has 9 aromatic carbocycles. The second-order valence-corrected chi connectivity index (χ2v) is 19.2. The Balaban J connectivity index is 0.846. The van der Waals surface area contributed by atoms with Crippen molar-refractivity contribution in [3.63, 3.8) is 0 Å². The quantitative estimate of drug-likeness (QED) is 0.176. The number of hydrogen-bond donors (Lipinski definition) is 0. The number of rotatable bonds is 4. The van der Waals surface area contributed by atoms with Crippen LogP contribution in [0.4, 0.5) is 0 Å². The van der Waals surface area contributed by atoms with E-state index in [1.165, 1.54) is 32.6 Å². The number of nitrogens with zero attached hydrogens (tertiary/aromatic N) is 6. The molecule has 0 fully saturated rings. The van der Waals surface area contributed by atoms with Crippen molar-refractivity contribution in [1.82, 2.24) is 23.7 Å². The Morgan fingerprint density at radius 3 is 1.40 bits per heavy atom. The maximum Gasteiger partial charge on any atom is 0.132 e. The molecule has 14 aromatic rings. The van der Waals surface area contributed by atoms with E-state index < -0.39 is 5.41 Å². The molecule has 0 radical (unpaired) electrons. The summed E-state index contributed by atoms with van der Waals surface area (Å²) < 4.78 is 14.2. The van der Waals surface area contributed by atoms with Gasteiger partial charge in [0.15, 0.2) is 0 Å². The van der Waals surface area contributed by atoms with Gasteiger partial charge in [-0.25, -0.2) is 0 Å². The van der Waals surface area contributed by atoms with Gasteiger partial charge in [0.1, 0.15) is 11.5 Å². The molecule has 0 unspecified atom stereocenters. The van der Waals surface area contributed by atoms with E-state index in [9.17, 15) is 5.26 Å². The third kappa shape index (κ3) is 5.36. The van der Waals surface area contributed by atoms with E-state index in [-0.39, 0.29) is 0 Å². The normalized spacial score (nSPS) is 13.1. The molecule has 1 aliphatic carbocycles. The van der Waals surface area contributed by atoms with Gasteiger partial charge >= 0.3 is 0 Å². The van der Waals surface area contributed by atoms with E-state index in [0.717, 1.165) is 106 Å². The van der Waals surface area contributed by atoms with E-state index >= 15 is 0 Å². The molecule has 1 aliphatic heterocycles. The molecule has 73 heavy (non-hydrogen) atoms. The highest BCUT2D eigenvalue weighted by molar-refractivity contribution is 6.12. The van der Waals surface area contributed by atoms with Crippen LogP contribution in [-0.2, 0) is 5.41 Å². The second-order valence-electron chi connectivity index (χ2n) is 19.2. The monoisotopic (exact) mass is 930 g/mol. The summed E-state index contributed by atoms with van der Waals surface area (Å²) in [5.41, 5.74) is 17.9. The summed E-state index contributed by atoms with van der Waals surface area (Å²) in [5.74, 6) is 1.56. The van der Waals surface area contributed by atoms with E-state index in [1.54, 1.807) is 0 Å². The maximum atomic E-state index is 9.88. The van der Waals surface area contributed by atoms with Crippen molar-refractivity contribution in [3.8, 4) is 57.1 Å². The molecule has 6 heterocycles. The first-order valence-electron chi connectivity index (χ1n) is 24.6. The Kier molecular flexibility index (Phi) is 8.04. The molecule has 0 N–H and O–H groups in total. The fourth-order valence-electron chi connectivity index (χ4n) is 12.6. The van der Waals surface area contributed by atoms with E-state index in [2.05, 4.69) is 214 Å². The van der Waals surface area contributed by atoms with Gasteiger partial charge in [0, 0.05) is 72.9 Å². The summed E-state index contributed by atoms with van der Waals surface area (Å²) in [5, 5.41) is 16.9. The van der Waals surface area contributed by atoms with Crippen LogP contribution in [0.1, 0.15) is 27.8 Å². The Labute approximate surface area is 418 Å². The first kappa shape index (κ1) is 39.8. The minimum Gasteiger partial charge on any atom is -0.457 e. The lowest BCUT2D eigenvalue weighted by molar-refractivity contribution is 0.436. The van der Waals surface area contributed by atoms with Gasteiger partial charge in [-0.05, 0) is 138 Å². The number of hydrogen-bond acceptors (Lipinski definition) is 4. The average molecular weight is 931 g/mol. The Morgan fingerprint density at radius 2 is 0.822 bits per heavy atom. The van der Waals surface area contributed by atoms with Crippen molar-refractivity contribution in [1.29, 1.82) is 5.26 Å². The molecular weight excluding hydrogens is 893 g/mol. The van der Waals surface area contributed by atoms with Crippen LogP contribution in [0.25, 0.3) is 105 Å². The number of aromatic nitrogens is 5. The lowest BCUT2D eigenvalue weighted by Crippen LogP contribution is -2.32. The Bertz CT molecular complexity index is 4640. The zero-order valence-electron chi connectivity index (χ0n) is 39.0. The minimum atomic E-state index is -0.786. The average Bonchev–Trinajstić information content (AvgIpc) is 4.21. The van der Waals surface area contributed by atoms with E-state index in [4.69, 9.17) is 14.7 Å². The molecule has 0 amide bonds. The van der Waals surface area contributed by atoms with Crippen LogP contribution < -0.4 is 4.74 Å². The van der Waals surface area contributed by atoms with Crippen molar-refractivity contribution in [2.24, 2.45) is 0 Å². The van der Waals surface area contributed by atoms with Gasteiger partial charge < -0.3 is 18.4 Å². The third-order valence-corrected chi connectivity index (χ3v) is 15.6. The van der Waals surface area contributed by atoms with Crippen molar-refractivity contribution in [2.45, 2.75) is 5.41 Å². The standard InChI is InChI=1S/C66H38N6O/c67-39-40-21-30-60-50(35-40)48-13-3-8-20-59(48)72(60)45-28-32-62-55(38-45)66(53-15-9-33-68-64(53)65-54(66)16-10-34-69-65)52-29-22-42(37-63(52)73-62)41-23-31-61-51(36-41)49-14-4-7-19-58(49)71(61)44-26-24-43(25-27-44)70-56-17-5-1-11-46(56)47-12-2-6-18-57(47)70/h1-38H. The summed E-state index contributed by atoms with van der Waals surface area (Å²) in [4.78, 5) is 10.0. The maximum absolute atomic E-state index is 9.88. The molecule has 0 atom stereocenters. The molecule has 0 saturated heterocycles. The number of fused-ring (bicyclic) bond motifs is 18. The zero-order chi connectivity index (χ0) is 47.9. The van der Waals surface area contributed by atoms with Gasteiger partial charge in [0.05, 0.1) is 61.5 Å². The fraction of sp³-hybridized carbons (Fsp3) is 0.0152. The summed E-state index contributed by atoms with van der Waals surface area (Å²) in [6, 6.07) is 80.3. The molecule has 0 bridgehead atoms. The largest absolute Gasteiger partial charge is 0.457 e. The van der Waals surface area contributed by atoms with Crippen LogP contribution in [0.3, 0.4) is 0 Å². The fourth-order valence-corrected chi connectivity index (χ4v) is 12.6. The van der Waals surface area contributed by atoms with Gasteiger partial charge in [0.25, 0.3) is 0 Å². The van der Waals surface area contributed by atoms with Gasteiger partial charge in [-0.15, -0.1) is 0 Å². The van der Waals surface area contributed by atoms with Gasteiger partial charge in [-0.3, -0.25) is 9.97 Å². The van der Waals surface area contributed by atoms with Crippen LogP contribution in [-0.4, -0.2) is 23.7 Å². The molecule has 1 spiro atoms. The van der Waals surface area contributed by atoms with Crippen LogP contribution in [0.2, 0.25) is 0 Å². The second kappa shape index (κ2) is 14.8. The molecule has 7 nitrogen and oxygen atoms in total. The lowest BCUT2D eigenvalue weighted by Gasteiger charge is -2.39. The van der Waals surface area contributed by atoms with Crippen molar-refractivity contribution in [2.75, 3.05) is 0 Å². The molecule has 16 rings (SSSR count). The van der Waals surface area contributed by atoms with Crippen LogP contribution in [0.5, 0.6) is 11.5 Å². The van der Waals surface area contributed by atoms with Gasteiger partial charge in [-0.2, -0.15) is 5.26 Å². The molecule has 338 valence electrons. The highest BCUT2D eigenvalue weighted by Gasteiger charge is 2.52. The lowest BCUT2D eigenvalue weighted by atomic mass is 9.66. The van der Waals surface area contributed by atoms with Crippen LogP contribution in [0, 0.1) is 11.3 Å². The predicted octanol–water partition coefficient (Wildman–Crippen LogP) is 15.8. The predicted molar refractivity (Wildman–Crippen MR) is 293 cm³/mol. The third-order valence-electron chi connectivity index (χ3n) is 15.6. The number of benzene rings is 9. The highest BCUT2D eigenvalue weighted by Crippen LogP contribution is 2.62. The molecular formula is C66H38N6O. The van der Waals surface area contributed by atoms with Crippen molar-refractivity contribution >= 4 is 65.4 Å². The van der Waals surface area contributed by atoms with Crippen LogP contribution >= 0.6 is 0 Å².